The van der Waals surface area contributed by atoms with Gasteiger partial charge in [-0.25, -0.2) is 0 Å². The van der Waals surface area contributed by atoms with Crippen LogP contribution in [-0.2, 0) is 0 Å². The minimum absolute atomic E-state index is 0.0392. The van der Waals surface area contributed by atoms with Crippen LogP contribution in [0.4, 0.5) is 0 Å². The number of halogens is 2. The molecule has 2 nitrogen and oxygen atoms in total. The molecule has 72 valence electrons. The van der Waals surface area contributed by atoms with E-state index < -0.39 is 0 Å². The third-order valence-electron chi connectivity index (χ3n) is 2.00. The van der Waals surface area contributed by atoms with Crippen molar-refractivity contribution >= 4 is 44.2 Å². The van der Waals surface area contributed by atoms with Gasteiger partial charge in [0.1, 0.15) is 0 Å². The SMILES string of the molecule is O=C(CBr)c1cc2cc(Cl)ccc2[nH]1. The Bertz CT molecular complexity index is 492. The van der Waals surface area contributed by atoms with E-state index >= 15 is 0 Å². The Morgan fingerprint density at radius 3 is 2.93 bits per heavy atom. The molecule has 1 heterocycles. The number of carbonyl (C=O) groups excluding carboxylic acids is 1. The van der Waals surface area contributed by atoms with E-state index in [-0.39, 0.29) is 5.78 Å². The van der Waals surface area contributed by atoms with E-state index in [1.165, 1.54) is 0 Å². The third kappa shape index (κ3) is 1.70. The van der Waals surface area contributed by atoms with Gasteiger partial charge in [-0.1, -0.05) is 27.5 Å². The maximum absolute atomic E-state index is 11.4. The number of hydrogen-bond donors (Lipinski definition) is 1. The summed E-state index contributed by atoms with van der Waals surface area (Å²) in [5.41, 5.74) is 1.54. The molecule has 0 saturated carbocycles. The number of benzene rings is 1. The van der Waals surface area contributed by atoms with Gasteiger partial charge in [0.05, 0.1) is 11.0 Å². The zero-order valence-electron chi connectivity index (χ0n) is 7.18. The predicted molar refractivity (Wildman–Crippen MR) is 61.4 cm³/mol. The van der Waals surface area contributed by atoms with E-state index in [1.807, 2.05) is 18.2 Å². The van der Waals surface area contributed by atoms with E-state index in [0.717, 1.165) is 10.9 Å². The van der Waals surface area contributed by atoms with Crippen molar-refractivity contribution in [3.8, 4) is 0 Å². The number of rotatable bonds is 2. The second-order valence-electron chi connectivity index (χ2n) is 2.97. The molecule has 0 fully saturated rings. The molecule has 0 spiro atoms. The Labute approximate surface area is 94.4 Å². The van der Waals surface area contributed by atoms with Crippen LogP contribution >= 0.6 is 27.5 Å². The Hall–Kier alpha value is -0.800. The highest BCUT2D eigenvalue weighted by atomic mass is 79.9. The molecule has 0 aliphatic carbocycles. The van der Waals surface area contributed by atoms with Crippen molar-refractivity contribution in [2.24, 2.45) is 0 Å². The topological polar surface area (TPSA) is 32.9 Å². The largest absolute Gasteiger partial charge is 0.352 e. The van der Waals surface area contributed by atoms with Gasteiger partial charge in [0, 0.05) is 15.9 Å². The minimum atomic E-state index is 0.0392. The molecule has 1 aromatic carbocycles. The van der Waals surface area contributed by atoms with Crippen molar-refractivity contribution in [1.29, 1.82) is 0 Å². The summed E-state index contributed by atoms with van der Waals surface area (Å²) >= 11 is 8.96. The van der Waals surface area contributed by atoms with E-state index in [9.17, 15) is 4.79 Å². The van der Waals surface area contributed by atoms with Gasteiger partial charge in [-0.3, -0.25) is 4.79 Å². The third-order valence-corrected chi connectivity index (χ3v) is 2.75. The fraction of sp³-hybridized carbons (Fsp3) is 0.100. The smallest absolute Gasteiger partial charge is 0.189 e. The van der Waals surface area contributed by atoms with Crippen molar-refractivity contribution in [2.75, 3.05) is 5.33 Å². The first-order valence-electron chi connectivity index (χ1n) is 4.08. The van der Waals surface area contributed by atoms with Gasteiger partial charge in [0.15, 0.2) is 5.78 Å². The maximum atomic E-state index is 11.4. The van der Waals surface area contributed by atoms with Gasteiger partial charge < -0.3 is 4.98 Å². The summed E-state index contributed by atoms with van der Waals surface area (Å²) in [4.78, 5) is 14.4. The standard InChI is InChI=1S/C10H7BrClNO/c11-5-10(14)9-4-6-3-7(12)1-2-8(6)13-9/h1-4,13H,5H2. The van der Waals surface area contributed by atoms with Crippen molar-refractivity contribution in [3.05, 3.63) is 35.0 Å². The quantitative estimate of drug-likeness (QED) is 0.659. The number of Topliss-reactive ketones (excluding diaryl/α,β-unsaturated/α-hetero) is 1. The second kappa shape index (κ2) is 3.75. The monoisotopic (exact) mass is 271 g/mol. The number of H-pyrrole nitrogens is 1. The summed E-state index contributed by atoms with van der Waals surface area (Å²) < 4.78 is 0. The summed E-state index contributed by atoms with van der Waals surface area (Å²) in [7, 11) is 0. The van der Waals surface area contributed by atoms with Crippen LogP contribution in [0.25, 0.3) is 10.9 Å². The first-order chi connectivity index (χ1) is 6.70. The fourth-order valence-corrected chi connectivity index (χ4v) is 1.81. The van der Waals surface area contributed by atoms with Gasteiger partial charge in [0.25, 0.3) is 0 Å². The number of alkyl halides is 1. The normalized spacial score (nSPS) is 10.7. The molecule has 0 aliphatic heterocycles. The molecule has 0 saturated heterocycles. The molecule has 0 unspecified atom stereocenters. The summed E-state index contributed by atoms with van der Waals surface area (Å²) in [5.74, 6) is 0.0392. The van der Waals surface area contributed by atoms with Gasteiger partial charge in [-0.2, -0.15) is 0 Å². The van der Waals surface area contributed by atoms with E-state index in [1.54, 1.807) is 6.07 Å². The summed E-state index contributed by atoms with van der Waals surface area (Å²) in [6.45, 7) is 0. The average molecular weight is 273 g/mol. The lowest BCUT2D eigenvalue weighted by molar-refractivity contribution is 0.102. The van der Waals surface area contributed by atoms with E-state index in [2.05, 4.69) is 20.9 Å². The zero-order chi connectivity index (χ0) is 10.1. The number of aromatic amines is 1. The van der Waals surface area contributed by atoms with Crippen molar-refractivity contribution in [2.45, 2.75) is 0 Å². The lowest BCUT2D eigenvalue weighted by Gasteiger charge is -1.89. The Morgan fingerprint density at radius 2 is 2.21 bits per heavy atom. The predicted octanol–water partition coefficient (Wildman–Crippen LogP) is 3.40. The molecule has 0 amide bonds. The van der Waals surface area contributed by atoms with E-state index in [4.69, 9.17) is 11.6 Å². The lowest BCUT2D eigenvalue weighted by Crippen LogP contribution is -1.99. The molecule has 0 bridgehead atoms. The van der Waals surface area contributed by atoms with Gasteiger partial charge in [-0.05, 0) is 24.3 Å². The first kappa shape index (κ1) is 9.74. The number of carbonyl (C=O) groups is 1. The Kier molecular flexibility index (Phi) is 2.61. The Morgan fingerprint density at radius 1 is 1.43 bits per heavy atom. The van der Waals surface area contributed by atoms with Crippen LogP contribution in [0.5, 0.6) is 0 Å². The fourth-order valence-electron chi connectivity index (χ4n) is 1.33. The van der Waals surface area contributed by atoms with Gasteiger partial charge >= 0.3 is 0 Å². The molecule has 2 aromatic rings. The molecule has 1 N–H and O–H groups in total. The van der Waals surface area contributed by atoms with E-state index in [0.29, 0.717) is 16.0 Å². The average Bonchev–Trinajstić information content (AvgIpc) is 2.59. The van der Waals surface area contributed by atoms with Gasteiger partial charge in [0.2, 0.25) is 0 Å². The number of nitrogens with one attached hydrogen (secondary N) is 1. The maximum Gasteiger partial charge on any atom is 0.189 e. The van der Waals surface area contributed by atoms with Crippen LogP contribution in [0.1, 0.15) is 10.5 Å². The summed E-state index contributed by atoms with van der Waals surface area (Å²) in [5, 5.41) is 1.96. The molecule has 0 radical (unpaired) electrons. The van der Waals surface area contributed by atoms with Crippen molar-refractivity contribution in [1.82, 2.24) is 4.98 Å². The van der Waals surface area contributed by atoms with Crippen LogP contribution in [0, 0.1) is 0 Å². The molecular weight excluding hydrogens is 265 g/mol. The zero-order valence-corrected chi connectivity index (χ0v) is 9.52. The highest BCUT2D eigenvalue weighted by molar-refractivity contribution is 9.09. The molecule has 4 heteroatoms. The van der Waals surface area contributed by atoms with Crippen LogP contribution in [-0.4, -0.2) is 16.1 Å². The number of fused-ring (bicyclic) bond motifs is 1. The second-order valence-corrected chi connectivity index (χ2v) is 3.97. The number of ketones is 1. The van der Waals surface area contributed by atoms with Crippen LogP contribution < -0.4 is 0 Å². The minimum Gasteiger partial charge on any atom is -0.352 e. The number of aromatic nitrogens is 1. The highest BCUT2D eigenvalue weighted by Gasteiger charge is 2.07. The molecule has 1 aromatic heterocycles. The summed E-state index contributed by atoms with van der Waals surface area (Å²) in [6.07, 6.45) is 0. The molecular formula is C10H7BrClNO. The first-order valence-corrected chi connectivity index (χ1v) is 5.58. The highest BCUT2D eigenvalue weighted by Crippen LogP contribution is 2.20. The Balaban J connectivity index is 2.56. The van der Waals surface area contributed by atoms with Crippen LogP contribution in [0.15, 0.2) is 24.3 Å². The lowest BCUT2D eigenvalue weighted by atomic mass is 10.2. The van der Waals surface area contributed by atoms with Crippen molar-refractivity contribution in [3.63, 3.8) is 0 Å². The molecule has 0 aliphatic rings. The van der Waals surface area contributed by atoms with Gasteiger partial charge in [-0.15, -0.1) is 0 Å². The van der Waals surface area contributed by atoms with Crippen LogP contribution in [0.3, 0.4) is 0 Å². The van der Waals surface area contributed by atoms with Crippen LogP contribution in [0.2, 0.25) is 5.02 Å². The molecule has 2 rings (SSSR count). The van der Waals surface area contributed by atoms with Crippen molar-refractivity contribution < 1.29 is 4.79 Å². The summed E-state index contributed by atoms with van der Waals surface area (Å²) in [6, 6.07) is 7.30. The number of hydrogen-bond acceptors (Lipinski definition) is 1. The molecule has 0 atom stereocenters. The molecule has 14 heavy (non-hydrogen) atoms.